The quantitative estimate of drug-likeness (QED) is 0.833. The molecule has 0 aliphatic rings. The number of pyridine rings is 1. The topological polar surface area (TPSA) is 59.4 Å². The number of carbonyl (C=O) groups is 1. The molecule has 0 atom stereocenters. The third-order valence-electron chi connectivity index (χ3n) is 2.27. The van der Waals surface area contributed by atoms with Gasteiger partial charge in [0.15, 0.2) is 0 Å². The Hall–Kier alpha value is -1.42. The monoisotopic (exact) mass is 251 g/mol. The molecule has 0 fully saturated rings. The first-order valence-electron chi connectivity index (χ1n) is 6.09. The van der Waals surface area contributed by atoms with Gasteiger partial charge in [-0.05, 0) is 51.8 Å². The predicted molar refractivity (Wildman–Crippen MR) is 69.1 cm³/mol. The van der Waals surface area contributed by atoms with E-state index in [1.165, 1.54) is 0 Å². The summed E-state index contributed by atoms with van der Waals surface area (Å²) >= 11 is 0. The van der Waals surface area contributed by atoms with Crippen molar-refractivity contribution in [3.05, 3.63) is 29.1 Å². The van der Waals surface area contributed by atoms with Crippen LogP contribution in [0, 0.1) is 6.92 Å². The molecule has 0 aliphatic carbocycles. The van der Waals surface area contributed by atoms with Gasteiger partial charge in [-0.1, -0.05) is 0 Å². The lowest BCUT2D eigenvalue weighted by molar-refractivity contribution is -0.154. The Labute approximate surface area is 108 Å². The van der Waals surface area contributed by atoms with Gasteiger partial charge in [-0.2, -0.15) is 0 Å². The van der Waals surface area contributed by atoms with Crippen LogP contribution in [0.1, 0.15) is 44.1 Å². The van der Waals surface area contributed by atoms with Gasteiger partial charge in [0.1, 0.15) is 5.60 Å². The zero-order valence-electron chi connectivity index (χ0n) is 11.5. The maximum Gasteiger partial charge on any atom is 0.306 e. The zero-order chi connectivity index (χ0) is 13.8. The Balaban J connectivity index is 2.58. The zero-order valence-corrected chi connectivity index (χ0v) is 11.5. The van der Waals surface area contributed by atoms with E-state index in [9.17, 15) is 4.79 Å². The maximum atomic E-state index is 11.6. The highest BCUT2D eigenvalue weighted by atomic mass is 16.6. The van der Waals surface area contributed by atoms with Crippen LogP contribution < -0.4 is 0 Å². The largest absolute Gasteiger partial charge is 0.460 e. The van der Waals surface area contributed by atoms with Crippen LogP contribution in [0.4, 0.5) is 0 Å². The van der Waals surface area contributed by atoms with Crippen LogP contribution >= 0.6 is 0 Å². The van der Waals surface area contributed by atoms with Crippen molar-refractivity contribution in [2.24, 2.45) is 0 Å². The number of aromatic nitrogens is 1. The van der Waals surface area contributed by atoms with Gasteiger partial charge in [0.25, 0.3) is 0 Å². The molecule has 0 aromatic carbocycles. The van der Waals surface area contributed by atoms with Gasteiger partial charge < -0.3 is 9.84 Å². The minimum absolute atomic E-state index is 0.0822. The number of hydrogen-bond acceptors (Lipinski definition) is 4. The van der Waals surface area contributed by atoms with Crippen LogP contribution in [0.2, 0.25) is 0 Å². The Morgan fingerprint density at radius 3 is 2.61 bits per heavy atom. The van der Waals surface area contributed by atoms with Gasteiger partial charge in [0.05, 0.1) is 12.3 Å². The number of hydrogen-bond donors (Lipinski definition) is 1. The molecule has 1 heterocycles. The number of aliphatic hydroxyl groups is 1. The highest BCUT2D eigenvalue weighted by Crippen LogP contribution is 2.12. The second-order valence-corrected chi connectivity index (χ2v) is 5.35. The van der Waals surface area contributed by atoms with Crippen molar-refractivity contribution in [3.63, 3.8) is 0 Å². The standard InChI is InChI=1S/C14H21NO3/c1-10-7-11(8-12(9-16)15-10)5-6-13(17)18-14(2,3)4/h7-8,16H,5-6,9H2,1-4H3. The Morgan fingerprint density at radius 2 is 2.06 bits per heavy atom. The predicted octanol–water partition coefficient (Wildman–Crippen LogP) is 2.16. The molecule has 0 saturated carbocycles. The highest BCUT2D eigenvalue weighted by molar-refractivity contribution is 5.70. The lowest BCUT2D eigenvalue weighted by atomic mass is 10.1. The van der Waals surface area contributed by atoms with Gasteiger partial charge in [-0.25, -0.2) is 0 Å². The van der Waals surface area contributed by atoms with E-state index in [2.05, 4.69) is 4.98 Å². The van der Waals surface area contributed by atoms with Crippen LogP contribution in [-0.4, -0.2) is 21.7 Å². The van der Waals surface area contributed by atoms with Gasteiger partial charge in [0, 0.05) is 12.1 Å². The fourth-order valence-electron chi connectivity index (χ4n) is 1.68. The lowest BCUT2D eigenvalue weighted by Crippen LogP contribution is -2.24. The van der Waals surface area contributed by atoms with Crippen molar-refractivity contribution in [2.45, 2.75) is 52.7 Å². The average molecular weight is 251 g/mol. The second kappa shape index (κ2) is 5.96. The summed E-state index contributed by atoms with van der Waals surface area (Å²) in [6.07, 6.45) is 0.941. The van der Waals surface area contributed by atoms with Crippen molar-refractivity contribution in [2.75, 3.05) is 0 Å². The molecule has 4 nitrogen and oxygen atoms in total. The third-order valence-corrected chi connectivity index (χ3v) is 2.27. The first-order chi connectivity index (χ1) is 8.30. The minimum Gasteiger partial charge on any atom is -0.460 e. The molecule has 0 bridgehead atoms. The van der Waals surface area contributed by atoms with E-state index in [-0.39, 0.29) is 12.6 Å². The fourth-order valence-corrected chi connectivity index (χ4v) is 1.68. The molecule has 0 aliphatic heterocycles. The van der Waals surface area contributed by atoms with E-state index in [4.69, 9.17) is 9.84 Å². The Kier molecular flexibility index (Phi) is 4.84. The van der Waals surface area contributed by atoms with Crippen molar-refractivity contribution in [3.8, 4) is 0 Å². The van der Waals surface area contributed by atoms with Crippen molar-refractivity contribution < 1.29 is 14.6 Å². The molecular weight excluding hydrogens is 230 g/mol. The summed E-state index contributed by atoms with van der Waals surface area (Å²) in [5, 5.41) is 9.06. The molecule has 0 radical (unpaired) electrons. The van der Waals surface area contributed by atoms with Crippen molar-refractivity contribution >= 4 is 5.97 Å². The molecule has 1 rings (SSSR count). The number of ether oxygens (including phenoxy) is 1. The first kappa shape index (κ1) is 14.6. The molecule has 0 unspecified atom stereocenters. The van der Waals surface area contributed by atoms with Gasteiger partial charge in [0.2, 0.25) is 0 Å². The molecule has 18 heavy (non-hydrogen) atoms. The normalized spacial score (nSPS) is 11.4. The summed E-state index contributed by atoms with van der Waals surface area (Å²) in [5.74, 6) is -0.206. The van der Waals surface area contributed by atoms with Crippen molar-refractivity contribution in [1.82, 2.24) is 4.98 Å². The molecule has 0 amide bonds. The number of aliphatic hydroxyl groups excluding tert-OH is 1. The SMILES string of the molecule is Cc1cc(CCC(=O)OC(C)(C)C)cc(CO)n1. The maximum absolute atomic E-state index is 11.6. The molecule has 100 valence electrons. The average Bonchev–Trinajstić information content (AvgIpc) is 2.23. The van der Waals surface area contributed by atoms with Gasteiger partial charge in [-0.3, -0.25) is 9.78 Å². The summed E-state index contributed by atoms with van der Waals surface area (Å²) in [6, 6.07) is 3.74. The summed E-state index contributed by atoms with van der Waals surface area (Å²) in [6.45, 7) is 7.35. The van der Waals surface area contributed by atoms with Crippen LogP contribution in [0.15, 0.2) is 12.1 Å². The van der Waals surface area contributed by atoms with E-state index in [0.717, 1.165) is 11.3 Å². The highest BCUT2D eigenvalue weighted by Gasteiger charge is 2.16. The Morgan fingerprint density at radius 1 is 1.39 bits per heavy atom. The number of esters is 1. The number of nitrogens with zero attached hydrogens (tertiary/aromatic N) is 1. The number of carbonyl (C=O) groups excluding carboxylic acids is 1. The molecule has 1 aromatic rings. The van der Waals surface area contributed by atoms with Crippen LogP contribution in [0.3, 0.4) is 0 Å². The third kappa shape index (κ3) is 5.27. The molecule has 1 aromatic heterocycles. The lowest BCUT2D eigenvalue weighted by Gasteiger charge is -2.19. The summed E-state index contributed by atoms with van der Waals surface area (Å²) < 4.78 is 5.24. The van der Waals surface area contributed by atoms with E-state index >= 15 is 0 Å². The van der Waals surface area contributed by atoms with Gasteiger partial charge >= 0.3 is 5.97 Å². The first-order valence-corrected chi connectivity index (χ1v) is 6.09. The van der Waals surface area contributed by atoms with E-state index in [1.807, 2.05) is 39.8 Å². The van der Waals surface area contributed by atoms with E-state index < -0.39 is 5.60 Å². The molecule has 0 saturated heterocycles. The summed E-state index contributed by atoms with van der Waals surface area (Å²) in [4.78, 5) is 15.8. The van der Waals surface area contributed by atoms with Crippen LogP contribution in [-0.2, 0) is 22.6 Å². The molecule has 1 N–H and O–H groups in total. The van der Waals surface area contributed by atoms with Gasteiger partial charge in [-0.15, -0.1) is 0 Å². The van der Waals surface area contributed by atoms with E-state index in [1.54, 1.807) is 0 Å². The number of rotatable bonds is 4. The minimum atomic E-state index is -0.443. The number of aryl methyl sites for hydroxylation is 2. The smallest absolute Gasteiger partial charge is 0.306 e. The molecule has 0 spiro atoms. The fraction of sp³-hybridized carbons (Fsp3) is 0.571. The second-order valence-electron chi connectivity index (χ2n) is 5.35. The molecular formula is C14H21NO3. The Bertz CT molecular complexity index is 422. The van der Waals surface area contributed by atoms with Crippen LogP contribution in [0.25, 0.3) is 0 Å². The summed E-state index contributed by atoms with van der Waals surface area (Å²) in [7, 11) is 0. The van der Waals surface area contributed by atoms with E-state index in [0.29, 0.717) is 18.5 Å². The summed E-state index contributed by atoms with van der Waals surface area (Å²) in [5.41, 5.74) is 2.04. The van der Waals surface area contributed by atoms with Crippen LogP contribution in [0.5, 0.6) is 0 Å². The molecule has 4 heteroatoms. The van der Waals surface area contributed by atoms with Crippen molar-refractivity contribution in [1.29, 1.82) is 0 Å².